The number of anilines is 1. The average Bonchev–Trinajstić information content (AvgIpc) is 2.56. The lowest BCUT2D eigenvalue weighted by Crippen LogP contribution is -2.42. The Morgan fingerprint density at radius 1 is 1.31 bits per heavy atom. The van der Waals surface area contributed by atoms with Gasteiger partial charge in [-0.15, -0.1) is 20.2 Å². The molecule has 1 aliphatic rings. The van der Waals surface area contributed by atoms with E-state index in [1.165, 1.54) is 0 Å². The number of sulfonamides is 2. The van der Waals surface area contributed by atoms with Gasteiger partial charge in [0, 0.05) is 6.54 Å². The maximum atomic E-state index is 12.8. The summed E-state index contributed by atoms with van der Waals surface area (Å²) in [6.07, 6.45) is -1.75. The molecule has 15 nitrogen and oxygen atoms in total. The maximum absolute atomic E-state index is 12.8. The van der Waals surface area contributed by atoms with Gasteiger partial charge in [0.2, 0.25) is 20.0 Å². The first kappa shape index (κ1) is 22.8. The molecule has 3 N–H and O–H groups in total. The van der Waals surface area contributed by atoms with Crippen LogP contribution in [0.4, 0.5) is 5.69 Å². The molecule has 0 amide bonds. The molecule has 29 heavy (non-hydrogen) atoms. The lowest BCUT2D eigenvalue weighted by atomic mass is 10.2. The molecule has 0 fully saturated rings. The summed E-state index contributed by atoms with van der Waals surface area (Å²) in [5.74, 6) is 0. The van der Waals surface area contributed by atoms with Crippen LogP contribution < -0.4 is 10.5 Å². The van der Waals surface area contributed by atoms with Crippen LogP contribution in [0.3, 0.4) is 0 Å². The van der Waals surface area contributed by atoms with Crippen molar-refractivity contribution in [3.63, 3.8) is 0 Å². The Kier molecular flexibility index (Phi) is 6.68. The standard InChI is InChI=1S/C11H14ClN5O10S2/c12-8-3-9-11(4-10(8)28(13,22)23)29(24,25)15(6-14-9)2-1-7(27-17(20)21)5-26-16(18)19/h3-4,7,14H,1-2,5-6H2,(H2,13,22,23)/t7-/m0/s1. The van der Waals surface area contributed by atoms with E-state index in [0.29, 0.717) is 0 Å². The summed E-state index contributed by atoms with van der Waals surface area (Å²) in [4.78, 5) is 28.0. The molecule has 2 rings (SSSR count). The van der Waals surface area contributed by atoms with Crippen LogP contribution in [0.1, 0.15) is 6.42 Å². The van der Waals surface area contributed by atoms with E-state index in [0.717, 1.165) is 16.4 Å². The van der Waals surface area contributed by atoms with Gasteiger partial charge in [-0.1, -0.05) is 11.6 Å². The third kappa shape index (κ3) is 5.54. The molecule has 1 aromatic rings. The highest BCUT2D eigenvalue weighted by molar-refractivity contribution is 7.90. The summed E-state index contributed by atoms with van der Waals surface area (Å²) in [6.45, 7) is -1.43. The van der Waals surface area contributed by atoms with Crippen molar-refractivity contribution in [2.45, 2.75) is 22.3 Å². The lowest BCUT2D eigenvalue weighted by molar-refractivity contribution is -0.790. The largest absolute Gasteiger partial charge is 0.370 e. The highest BCUT2D eigenvalue weighted by Gasteiger charge is 2.34. The SMILES string of the molecule is NS(=O)(=O)c1cc2c(cc1Cl)NCN(CC[C@@H](CO[N+](=O)[O-])O[N+](=O)[O-])S2(=O)=O. The normalized spacial score (nSPS) is 16.9. The summed E-state index contributed by atoms with van der Waals surface area (Å²) >= 11 is 5.83. The summed E-state index contributed by atoms with van der Waals surface area (Å²) < 4.78 is 49.6. The van der Waals surface area contributed by atoms with Gasteiger partial charge in [-0.3, -0.25) is 0 Å². The summed E-state index contributed by atoms with van der Waals surface area (Å²) in [7, 11) is -8.55. The van der Waals surface area contributed by atoms with Crippen molar-refractivity contribution in [3.05, 3.63) is 37.4 Å². The Labute approximate surface area is 168 Å². The zero-order valence-electron chi connectivity index (χ0n) is 14.3. The second kappa shape index (κ2) is 8.49. The molecule has 1 atom stereocenters. The quantitative estimate of drug-likeness (QED) is 0.344. The minimum absolute atomic E-state index is 0.0356. The van der Waals surface area contributed by atoms with Gasteiger partial charge in [0.05, 0.1) is 17.4 Å². The second-order valence-corrected chi connectivity index (χ2v) is 9.44. The van der Waals surface area contributed by atoms with Gasteiger partial charge in [-0.25, -0.2) is 22.0 Å². The fraction of sp³-hybridized carbons (Fsp3) is 0.455. The van der Waals surface area contributed by atoms with E-state index in [1.807, 2.05) is 0 Å². The number of hydrogen-bond acceptors (Lipinski definition) is 11. The minimum Gasteiger partial charge on any atom is -0.370 e. The zero-order chi connectivity index (χ0) is 22.0. The first-order chi connectivity index (χ1) is 13.3. The van der Waals surface area contributed by atoms with Crippen LogP contribution in [0.5, 0.6) is 0 Å². The number of halogens is 1. The second-order valence-electron chi connectivity index (χ2n) is 5.60. The van der Waals surface area contributed by atoms with Crippen LogP contribution in [-0.2, 0) is 29.7 Å². The smallest absolute Gasteiger partial charge is 0.294 e. The molecule has 0 saturated carbocycles. The van der Waals surface area contributed by atoms with Gasteiger partial charge in [0.25, 0.3) is 10.2 Å². The Morgan fingerprint density at radius 2 is 1.97 bits per heavy atom. The van der Waals surface area contributed by atoms with Crippen molar-refractivity contribution in [3.8, 4) is 0 Å². The van der Waals surface area contributed by atoms with Crippen molar-refractivity contribution in [2.75, 3.05) is 25.1 Å². The average molecular weight is 476 g/mol. The fourth-order valence-corrected chi connectivity index (χ4v) is 5.13. The van der Waals surface area contributed by atoms with Crippen molar-refractivity contribution >= 4 is 37.3 Å². The number of nitrogens with two attached hydrogens (primary N) is 1. The van der Waals surface area contributed by atoms with Crippen LogP contribution in [0.2, 0.25) is 5.02 Å². The van der Waals surface area contributed by atoms with Crippen LogP contribution in [0.25, 0.3) is 0 Å². The van der Waals surface area contributed by atoms with Crippen LogP contribution in [0.15, 0.2) is 21.9 Å². The van der Waals surface area contributed by atoms with Gasteiger partial charge in [0.15, 0.2) is 0 Å². The number of nitrogens with one attached hydrogen (secondary N) is 1. The lowest BCUT2D eigenvalue weighted by Gasteiger charge is -2.30. The molecule has 162 valence electrons. The van der Waals surface area contributed by atoms with E-state index in [9.17, 15) is 37.1 Å². The molecule has 0 saturated heterocycles. The Balaban J connectivity index is 2.25. The highest BCUT2D eigenvalue weighted by atomic mass is 35.5. The molecule has 0 aliphatic carbocycles. The minimum atomic E-state index is -4.31. The van der Waals surface area contributed by atoms with E-state index in [4.69, 9.17) is 16.7 Å². The fourth-order valence-electron chi connectivity index (χ4n) is 2.42. The van der Waals surface area contributed by atoms with Crippen molar-refractivity contribution in [1.29, 1.82) is 0 Å². The molecule has 1 aromatic carbocycles. The van der Waals surface area contributed by atoms with Gasteiger partial charge in [-0.05, 0) is 18.6 Å². The van der Waals surface area contributed by atoms with Gasteiger partial charge in [0.1, 0.15) is 22.5 Å². The van der Waals surface area contributed by atoms with Gasteiger partial charge >= 0.3 is 0 Å². The predicted octanol–water partition coefficient (Wildman–Crippen LogP) is -0.464. The molecule has 0 aromatic heterocycles. The Morgan fingerprint density at radius 3 is 2.52 bits per heavy atom. The van der Waals surface area contributed by atoms with E-state index < -0.39 is 52.7 Å². The number of primary sulfonamides is 1. The molecule has 0 radical (unpaired) electrons. The van der Waals surface area contributed by atoms with Crippen molar-refractivity contribution < 1.29 is 36.7 Å². The molecule has 1 aliphatic heterocycles. The first-order valence-electron chi connectivity index (χ1n) is 7.51. The summed E-state index contributed by atoms with van der Waals surface area (Å²) in [5.41, 5.74) is 0.0356. The molecule has 0 spiro atoms. The molecule has 0 bridgehead atoms. The van der Waals surface area contributed by atoms with Crippen molar-refractivity contribution in [1.82, 2.24) is 4.31 Å². The maximum Gasteiger partial charge on any atom is 0.294 e. The number of rotatable bonds is 9. The molecule has 1 heterocycles. The summed E-state index contributed by atoms with van der Waals surface area (Å²) in [5, 5.41) is 25.8. The van der Waals surface area contributed by atoms with Crippen LogP contribution in [0, 0.1) is 20.2 Å². The van der Waals surface area contributed by atoms with Gasteiger partial charge < -0.3 is 15.0 Å². The summed E-state index contributed by atoms with van der Waals surface area (Å²) in [6, 6.07) is 1.89. The molecular weight excluding hydrogens is 462 g/mol. The topological polar surface area (TPSA) is 214 Å². The number of fused-ring (bicyclic) bond motifs is 1. The number of nitrogens with zero attached hydrogens (tertiary/aromatic N) is 3. The molecule has 0 unspecified atom stereocenters. The Bertz CT molecular complexity index is 1030. The van der Waals surface area contributed by atoms with E-state index in [1.54, 1.807) is 0 Å². The van der Waals surface area contributed by atoms with E-state index >= 15 is 0 Å². The van der Waals surface area contributed by atoms with E-state index in [-0.39, 0.29) is 30.3 Å². The predicted molar refractivity (Wildman–Crippen MR) is 94.6 cm³/mol. The van der Waals surface area contributed by atoms with Crippen LogP contribution >= 0.6 is 11.6 Å². The van der Waals surface area contributed by atoms with Crippen molar-refractivity contribution in [2.24, 2.45) is 5.14 Å². The molecular formula is C11H14ClN5O10S2. The number of benzene rings is 1. The monoisotopic (exact) mass is 475 g/mol. The molecule has 18 heteroatoms. The zero-order valence-corrected chi connectivity index (χ0v) is 16.6. The Hall–Kier alpha value is -2.47. The first-order valence-corrected chi connectivity index (χ1v) is 10.9. The van der Waals surface area contributed by atoms with Gasteiger partial charge in [-0.2, -0.15) is 4.31 Å². The number of hydrogen-bond donors (Lipinski definition) is 2. The van der Waals surface area contributed by atoms with Crippen LogP contribution in [-0.4, -0.2) is 57.2 Å². The third-order valence-electron chi connectivity index (χ3n) is 3.71. The highest BCUT2D eigenvalue weighted by Crippen LogP contribution is 2.35. The third-order valence-corrected chi connectivity index (χ3v) is 6.97. The van der Waals surface area contributed by atoms with E-state index in [2.05, 4.69) is 15.0 Å².